The first-order chi connectivity index (χ1) is 12.1. The van der Waals surface area contributed by atoms with E-state index >= 15 is 0 Å². The summed E-state index contributed by atoms with van der Waals surface area (Å²) >= 11 is 0. The summed E-state index contributed by atoms with van der Waals surface area (Å²) in [7, 11) is 0. The molecule has 0 radical (unpaired) electrons. The van der Waals surface area contributed by atoms with Gasteiger partial charge in [-0.2, -0.15) is 0 Å². The molecule has 0 bridgehead atoms. The van der Waals surface area contributed by atoms with Crippen molar-refractivity contribution in [3.8, 4) is 0 Å². The maximum Gasteiger partial charge on any atom is 0.269 e. The molecular weight excluding hydrogens is 317 g/mol. The number of amides is 1. The Morgan fingerprint density at radius 1 is 1.32 bits per heavy atom. The van der Waals surface area contributed by atoms with Crippen LogP contribution in [0.3, 0.4) is 0 Å². The van der Waals surface area contributed by atoms with E-state index in [0.717, 1.165) is 18.8 Å². The van der Waals surface area contributed by atoms with Crippen LogP contribution < -0.4 is 10.2 Å². The molecule has 1 atom stereocenters. The molecule has 5 heteroatoms. The number of nitrogens with one attached hydrogen (secondary N) is 1. The number of halogens is 1. The predicted octanol–water partition coefficient (Wildman–Crippen LogP) is 3.43. The van der Waals surface area contributed by atoms with Crippen LogP contribution in [-0.2, 0) is 6.42 Å². The third-order valence-electron chi connectivity index (χ3n) is 4.64. The summed E-state index contributed by atoms with van der Waals surface area (Å²) in [5.41, 5.74) is 2.06. The molecule has 0 aliphatic carbocycles. The average molecular weight is 341 g/mol. The molecule has 1 aromatic heterocycles. The van der Waals surface area contributed by atoms with Crippen LogP contribution >= 0.6 is 0 Å². The van der Waals surface area contributed by atoms with Crippen LogP contribution in [0.25, 0.3) is 0 Å². The fraction of sp³-hybridized carbons (Fsp3) is 0.400. The number of aromatic nitrogens is 1. The maximum atomic E-state index is 13.6. The Balaban J connectivity index is 1.53. The van der Waals surface area contributed by atoms with Crippen molar-refractivity contribution < 1.29 is 9.18 Å². The molecule has 132 valence electrons. The third kappa shape index (κ3) is 4.56. The standard InChI is InChI=1S/C20H24FN3O/c1-15-5-4-12-24(14-15)17-8-9-19(23-13-17)20(25)22-11-10-16-6-2-3-7-18(16)21/h2-3,6-9,13,15H,4-5,10-12,14H2,1H3,(H,22,25). The quantitative estimate of drug-likeness (QED) is 0.906. The highest BCUT2D eigenvalue weighted by atomic mass is 19.1. The van der Waals surface area contributed by atoms with E-state index in [9.17, 15) is 9.18 Å². The van der Waals surface area contributed by atoms with Gasteiger partial charge in [0.05, 0.1) is 11.9 Å². The number of anilines is 1. The zero-order valence-corrected chi connectivity index (χ0v) is 14.5. The van der Waals surface area contributed by atoms with Gasteiger partial charge in [-0.3, -0.25) is 4.79 Å². The topological polar surface area (TPSA) is 45.2 Å². The van der Waals surface area contributed by atoms with Gasteiger partial charge in [-0.1, -0.05) is 25.1 Å². The Morgan fingerprint density at radius 3 is 2.88 bits per heavy atom. The molecule has 1 aliphatic rings. The number of piperidine rings is 1. The Bertz CT molecular complexity index is 717. The summed E-state index contributed by atoms with van der Waals surface area (Å²) in [5, 5.41) is 2.80. The minimum Gasteiger partial charge on any atom is -0.370 e. The van der Waals surface area contributed by atoms with E-state index in [4.69, 9.17) is 0 Å². The first kappa shape index (κ1) is 17.4. The molecule has 2 heterocycles. The molecular formula is C20H24FN3O. The van der Waals surface area contributed by atoms with Gasteiger partial charge in [0.1, 0.15) is 11.5 Å². The largest absolute Gasteiger partial charge is 0.370 e. The van der Waals surface area contributed by atoms with Gasteiger partial charge in [-0.05, 0) is 48.9 Å². The highest BCUT2D eigenvalue weighted by Gasteiger charge is 2.17. The molecule has 3 rings (SSSR count). The van der Waals surface area contributed by atoms with E-state index in [2.05, 4.69) is 22.1 Å². The number of rotatable bonds is 5. The molecule has 1 fully saturated rings. The second kappa shape index (κ2) is 8.10. The van der Waals surface area contributed by atoms with Crippen LogP contribution in [0.15, 0.2) is 42.6 Å². The molecule has 1 aromatic carbocycles. The van der Waals surface area contributed by atoms with Gasteiger partial charge in [0.2, 0.25) is 0 Å². The molecule has 1 amide bonds. The Kier molecular flexibility index (Phi) is 5.64. The minimum atomic E-state index is -0.241. The van der Waals surface area contributed by atoms with Crippen molar-refractivity contribution in [1.29, 1.82) is 0 Å². The summed E-state index contributed by atoms with van der Waals surface area (Å²) in [6, 6.07) is 10.3. The highest BCUT2D eigenvalue weighted by Crippen LogP contribution is 2.22. The third-order valence-corrected chi connectivity index (χ3v) is 4.64. The van der Waals surface area contributed by atoms with Crippen molar-refractivity contribution in [2.75, 3.05) is 24.5 Å². The minimum absolute atomic E-state index is 0.227. The van der Waals surface area contributed by atoms with Gasteiger partial charge in [-0.25, -0.2) is 9.37 Å². The van der Waals surface area contributed by atoms with E-state index in [1.165, 1.54) is 18.9 Å². The van der Waals surface area contributed by atoms with Crippen LogP contribution in [0.2, 0.25) is 0 Å². The lowest BCUT2D eigenvalue weighted by Crippen LogP contribution is -2.34. The second-order valence-corrected chi connectivity index (χ2v) is 6.69. The number of carbonyl (C=O) groups excluding carboxylic acids is 1. The molecule has 1 saturated heterocycles. The number of benzene rings is 1. The number of hydrogen-bond donors (Lipinski definition) is 1. The van der Waals surface area contributed by atoms with E-state index < -0.39 is 0 Å². The SMILES string of the molecule is CC1CCCN(c2ccc(C(=O)NCCc3ccccc3F)nc2)C1. The molecule has 1 N–H and O–H groups in total. The van der Waals surface area contributed by atoms with Gasteiger partial charge in [0.25, 0.3) is 5.91 Å². The van der Waals surface area contributed by atoms with E-state index in [-0.39, 0.29) is 11.7 Å². The summed E-state index contributed by atoms with van der Waals surface area (Å²) in [5.74, 6) is 0.222. The lowest BCUT2D eigenvalue weighted by atomic mass is 10.00. The van der Waals surface area contributed by atoms with Crippen molar-refractivity contribution in [2.45, 2.75) is 26.2 Å². The number of pyridine rings is 1. The maximum absolute atomic E-state index is 13.6. The lowest BCUT2D eigenvalue weighted by Gasteiger charge is -2.32. The van der Waals surface area contributed by atoms with Gasteiger partial charge in [0, 0.05) is 19.6 Å². The van der Waals surface area contributed by atoms with Gasteiger partial charge < -0.3 is 10.2 Å². The van der Waals surface area contributed by atoms with E-state index in [1.807, 2.05) is 6.07 Å². The zero-order valence-electron chi connectivity index (χ0n) is 14.5. The number of nitrogens with zero attached hydrogens (tertiary/aromatic N) is 2. The molecule has 0 spiro atoms. The Hall–Kier alpha value is -2.43. The van der Waals surface area contributed by atoms with E-state index in [1.54, 1.807) is 30.5 Å². The summed E-state index contributed by atoms with van der Waals surface area (Å²) in [6.07, 6.45) is 4.69. The van der Waals surface area contributed by atoms with Crippen molar-refractivity contribution >= 4 is 11.6 Å². The highest BCUT2D eigenvalue weighted by molar-refractivity contribution is 5.92. The van der Waals surface area contributed by atoms with Crippen molar-refractivity contribution in [3.63, 3.8) is 0 Å². The first-order valence-corrected chi connectivity index (χ1v) is 8.86. The molecule has 1 unspecified atom stereocenters. The number of hydrogen-bond acceptors (Lipinski definition) is 3. The lowest BCUT2D eigenvalue weighted by molar-refractivity contribution is 0.0949. The Morgan fingerprint density at radius 2 is 2.16 bits per heavy atom. The zero-order chi connectivity index (χ0) is 17.6. The molecule has 2 aromatic rings. The second-order valence-electron chi connectivity index (χ2n) is 6.69. The fourth-order valence-corrected chi connectivity index (χ4v) is 3.23. The van der Waals surface area contributed by atoms with Crippen LogP contribution in [-0.4, -0.2) is 30.5 Å². The normalized spacial score (nSPS) is 17.4. The van der Waals surface area contributed by atoms with Crippen molar-refractivity contribution in [3.05, 3.63) is 59.7 Å². The molecule has 25 heavy (non-hydrogen) atoms. The fourth-order valence-electron chi connectivity index (χ4n) is 3.23. The van der Waals surface area contributed by atoms with Gasteiger partial charge >= 0.3 is 0 Å². The van der Waals surface area contributed by atoms with Crippen molar-refractivity contribution in [1.82, 2.24) is 10.3 Å². The molecule has 4 nitrogen and oxygen atoms in total. The van der Waals surface area contributed by atoms with Gasteiger partial charge in [0.15, 0.2) is 0 Å². The summed E-state index contributed by atoms with van der Waals surface area (Å²) in [6.45, 7) is 4.72. The average Bonchev–Trinajstić information content (AvgIpc) is 2.63. The van der Waals surface area contributed by atoms with Crippen LogP contribution in [0, 0.1) is 11.7 Å². The molecule has 0 saturated carbocycles. The van der Waals surface area contributed by atoms with Crippen LogP contribution in [0.1, 0.15) is 35.8 Å². The van der Waals surface area contributed by atoms with Crippen LogP contribution in [0.4, 0.5) is 10.1 Å². The van der Waals surface area contributed by atoms with Crippen LogP contribution in [0.5, 0.6) is 0 Å². The van der Waals surface area contributed by atoms with Gasteiger partial charge in [-0.15, -0.1) is 0 Å². The predicted molar refractivity (Wildman–Crippen MR) is 97.3 cm³/mol. The Labute approximate surface area is 148 Å². The number of carbonyl (C=O) groups is 1. The monoisotopic (exact) mass is 341 g/mol. The molecule has 1 aliphatic heterocycles. The summed E-state index contributed by atoms with van der Waals surface area (Å²) < 4.78 is 13.6. The first-order valence-electron chi connectivity index (χ1n) is 8.86. The summed E-state index contributed by atoms with van der Waals surface area (Å²) in [4.78, 5) is 18.8. The smallest absolute Gasteiger partial charge is 0.269 e. The van der Waals surface area contributed by atoms with Crippen molar-refractivity contribution in [2.24, 2.45) is 5.92 Å². The van der Waals surface area contributed by atoms with E-state index in [0.29, 0.717) is 30.1 Å².